The number of hydrogen-bond donors (Lipinski definition) is 3. The van der Waals surface area contributed by atoms with Crippen molar-refractivity contribution in [3.8, 4) is 11.1 Å². The molecule has 0 saturated heterocycles. The summed E-state index contributed by atoms with van der Waals surface area (Å²) in [5, 5.41) is 7.00. The Kier molecular flexibility index (Phi) is 5.96. The van der Waals surface area contributed by atoms with Crippen molar-refractivity contribution in [1.29, 1.82) is 0 Å². The van der Waals surface area contributed by atoms with Gasteiger partial charge in [-0.25, -0.2) is 4.98 Å². The Hall–Kier alpha value is -3.45. The highest BCUT2D eigenvalue weighted by Crippen LogP contribution is 2.26. The van der Waals surface area contributed by atoms with Crippen molar-refractivity contribution in [3.63, 3.8) is 0 Å². The highest BCUT2D eigenvalue weighted by molar-refractivity contribution is 5.84. The summed E-state index contributed by atoms with van der Waals surface area (Å²) < 4.78 is 2.09. The Morgan fingerprint density at radius 3 is 2.45 bits per heavy atom. The van der Waals surface area contributed by atoms with Gasteiger partial charge in [0, 0.05) is 24.7 Å². The lowest BCUT2D eigenvalue weighted by molar-refractivity contribution is 0.612. The molecule has 2 atom stereocenters. The van der Waals surface area contributed by atoms with Crippen LogP contribution in [0.3, 0.4) is 0 Å². The fourth-order valence-corrected chi connectivity index (χ4v) is 4.44. The highest BCUT2D eigenvalue weighted by Gasteiger charge is 2.23. The van der Waals surface area contributed by atoms with Gasteiger partial charge in [-0.1, -0.05) is 54.6 Å². The van der Waals surface area contributed by atoms with Crippen molar-refractivity contribution < 1.29 is 0 Å². The normalized spacial score (nSPS) is 18.2. The SMILES string of the molecule is CC(C)n1cnc2c(NCc3ccc(-c4ccccc4)cc3)nc(N[C@H]3CC[C@@H](N)C3)nc21. The number of imidazole rings is 1. The summed E-state index contributed by atoms with van der Waals surface area (Å²) in [6, 6.07) is 19.9. The minimum atomic E-state index is 0.254. The molecule has 0 amide bonds. The Morgan fingerprint density at radius 2 is 1.76 bits per heavy atom. The molecule has 2 heterocycles. The first-order valence-electron chi connectivity index (χ1n) is 11.7. The van der Waals surface area contributed by atoms with Crippen molar-refractivity contribution in [2.45, 2.75) is 57.8 Å². The van der Waals surface area contributed by atoms with E-state index in [2.05, 4.69) is 82.6 Å². The number of nitrogens with one attached hydrogen (secondary N) is 2. The number of hydrogen-bond acceptors (Lipinski definition) is 6. The second-order valence-corrected chi connectivity index (χ2v) is 9.14. The molecule has 1 saturated carbocycles. The molecular weight excluding hydrogens is 410 g/mol. The predicted molar refractivity (Wildman–Crippen MR) is 134 cm³/mol. The summed E-state index contributed by atoms with van der Waals surface area (Å²) in [6.07, 6.45) is 4.87. The highest BCUT2D eigenvalue weighted by atomic mass is 15.2. The maximum Gasteiger partial charge on any atom is 0.227 e. The van der Waals surface area contributed by atoms with Gasteiger partial charge in [-0.2, -0.15) is 9.97 Å². The first kappa shape index (κ1) is 21.4. The zero-order chi connectivity index (χ0) is 22.8. The van der Waals surface area contributed by atoms with Crippen LogP contribution in [0.4, 0.5) is 11.8 Å². The minimum absolute atomic E-state index is 0.254. The van der Waals surface area contributed by atoms with Crippen LogP contribution in [0.2, 0.25) is 0 Å². The van der Waals surface area contributed by atoms with Gasteiger partial charge in [0.05, 0.1) is 6.33 Å². The second kappa shape index (κ2) is 9.19. The van der Waals surface area contributed by atoms with Crippen molar-refractivity contribution in [3.05, 3.63) is 66.5 Å². The van der Waals surface area contributed by atoms with Crippen LogP contribution in [0.5, 0.6) is 0 Å². The fraction of sp³-hybridized carbons (Fsp3) is 0.346. The predicted octanol–water partition coefficient (Wildman–Crippen LogP) is 4.98. The quantitative estimate of drug-likeness (QED) is 0.375. The van der Waals surface area contributed by atoms with Crippen molar-refractivity contribution in [2.24, 2.45) is 5.73 Å². The van der Waals surface area contributed by atoms with Gasteiger partial charge in [0.15, 0.2) is 17.0 Å². The first-order valence-corrected chi connectivity index (χ1v) is 11.7. The maximum atomic E-state index is 6.10. The third kappa shape index (κ3) is 4.68. The van der Waals surface area contributed by atoms with Gasteiger partial charge >= 0.3 is 0 Å². The van der Waals surface area contributed by atoms with E-state index in [0.717, 1.165) is 36.2 Å². The molecule has 0 radical (unpaired) electrons. The maximum absolute atomic E-state index is 6.10. The average Bonchev–Trinajstić information content (AvgIpc) is 3.44. The lowest BCUT2D eigenvalue weighted by atomic mass is 10.0. The Morgan fingerprint density at radius 1 is 1.00 bits per heavy atom. The van der Waals surface area contributed by atoms with Crippen LogP contribution < -0.4 is 16.4 Å². The van der Waals surface area contributed by atoms with Crippen LogP contribution in [0.15, 0.2) is 60.9 Å². The molecule has 33 heavy (non-hydrogen) atoms. The summed E-state index contributed by atoms with van der Waals surface area (Å²) in [5.41, 5.74) is 11.3. The molecule has 1 fully saturated rings. The summed E-state index contributed by atoms with van der Waals surface area (Å²) in [6.45, 7) is 4.92. The third-order valence-corrected chi connectivity index (χ3v) is 6.31. The van der Waals surface area contributed by atoms with E-state index < -0.39 is 0 Å². The molecule has 0 unspecified atom stereocenters. The van der Waals surface area contributed by atoms with Gasteiger partial charge in [-0.3, -0.25) is 0 Å². The van der Waals surface area contributed by atoms with Crippen LogP contribution in [-0.4, -0.2) is 31.6 Å². The smallest absolute Gasteiger partial charge is 0.227 e. The second-order valence-electron chi connectivity index (χ2n) is 9.14. The van der Waals surface area contributed by atoms with E-state index in [9.17, 15) is 0 Å². The number of fused-ring (bicyclic) bond motifs is 1. The van der Waals surface area contributed by atoms with Crippen LogP contribution in [-0.2, 0) is 6.54 Å². The zero-order valence-electron chi connectivity index (χ0n) is 19.2. The van der Waals surface area contributed by atoms with Gasteiger partial charge in [-0.05, 0) is 49.8 Å². The van der Waals surface area contributed by atoms with E-state index in [-0.39, 0.29) is 12.1 Å². The Balaban J connectivity index is 1.38. The van der Waals surface area contributed by atoms with Gasteiger partial charge in [0.2, 0.25) is 5.95 Å². The van der Waals surface area contributed by atoms with Crippen molar-refractivity contribution in [2.75, 3.05) is 10.6 Å². The lowest BCUT2D eigenvalue weighted by Gasteiger charge is -2.15. The van der Waals surface area contributed by atoms with Crippen molar-refractivity contribution in [1.82, 2.24) is 19.5 Å². The largest absolute Gasteiger partial charge is 0.364 e. The van der Waals surface area contributed by atoms with Gasteiger partial charge in [0.1, 0.15) is 0 Å². The van der Waals surface area contributed by atoms with E-state index in [1.165, 1.54) is 16.7 Å². The van der Waals surface area contributed by atoms with Crippen LogP contribution >= 0.6 is 0 Å². The van der Waals surface area contributed by atoms with E-state index in [1.807, 2.05) is 12.4 Å². The van der Waals surface area contributed by atoms with Crippen LogP contribution in [0.25, 0.3) is 22.3 Å². The van der Waals surface area contributed by atoms with E-state index in [1.54, 1.807) is 0 Å². The Bertz CT molecular complexity index is 1210. The molecule has 0 spiro atoms. The number of benzene rings is 2. The molecular formula is C26H31N7. The molecule has 0 aliphatic heterocycles. The lowest BCUT2D eigenvalue weighted by Crippen LogP contribution is -2.22. The number of nitrogens with two attached hydrogens (primary N) is 1. The standard InChI is InChI=1S/C26H31N7/c1-17(2)33-16-29-23-24(31-26(32-25(23)33)30-22-13-12-21(27)14-22)28-15-18-8-10-20(11-9-18)19-6-4-3-5-7-19/h3-11,16-17,21-22H,12-15,27H2,1-2H3,(H2,28,30,31,32)/t21-,22+/m1/s1. The summed E-state index contributed by atoms with van der Waals surface area (Å²) in [7, 11) is 0. The Labute approximate surface area is 194 Å². The molecule has 2 aromatic heterocycles. The monoisotopic (exact) mass is 441 g/mol. The van der Waals surface area contributed by atoms with Crippen molar-refractivity contribution >= 4 is 22.9 Å². The average molecular weight is 442 g/mol. The summed E-state index contributed by atoms with van der Waals surface area (Å²) in [4.78, 5) is 14.2. The molecule has 5 rings (SSSR count). The van der Waals surface area contributed by atoms with Crippen LogP contribution in [0.1, 0.15) is 44.7 Å². The molecule has 4 N–H and O–H groups in total. The summed E-state index contributed by atoms with van der Waals surface area (Å²) >= 11 is 0. The third-order valence-electron chi connectivity index (χ3n) is 6.31. The molecule has 170 valence electrons. The van der Waals surface area contributed by atoms with Gasteiger partial charge in [0.25, 0.3) is 0 Å². The number of aromatic nitrogens is 4. The van der Waals surface area contributed by atoms with Gasteiger partial charge in [-0.15, -0.1) is 0 Å². The number of nitrogens with zero attached hydrogens (tertiary/aromatic N) is 4. The molecule has 2 aromatic carbocycles. The number of rotatable bonds is 7. The van der Waals surface area contributed by atoms with E-state index in [4.69, 9.17) is 15.7 Å². The molecule has 1 aliphatic carbocycles. The fourth-order valence-electron chi connectivity index (χ4n) is 4.44. The van der Waals surface area contributed by atoms with E-state index in [0.29, 0.717) is 18.5 Å². The molecule has 7 nitrogen and oxygen atoms in total. The van der Waals surface area contributed by atoms with Crippen LogP contribution in [0, 0.1) is 0 Å². The minimum Gasteiger partial charge on any atom is -0.364 e. The van der Waals surface area contributed by atoms with E-state index >= 15 is 0 Å². The summed E-state index contributed by atoms with van der Waals surface area (Å²) in [5.74, 6) is 1.38. The number of anilines is 2. The molecule has 1 aliphatic rings. The molecule has 4 aromatic rings. The zero-order valence-corrected chi connectivity index (χ0v) is 19.2. The topological polar surface area (TPSA) is 93.7 Å². The van der Waals surface area contributed by atoms with Gasteiger partial charge < -0.3 is 20.9 Å². The molecule has 7 heteroatoms. The molecule has 0 bridgehead atoms. The first-order chi connectivity index (χ1) is 16.1.